The van der Waals surface area contributed by atoms with Gasteiger partial charge in [-0.05, 0) is 29.7 Å². The molecule has 0 amide bonds. The second-order valence-electron chi connectivity index (χ2n) is 6.14. The van der Waals surface area contributed by atoms with Gasteiger partial charge in [-0.25, -0.2) is 4.68 Å². The number of aromatic nitrogens is 2. The molecule has 1 aliphatic rings. The fourth-order valence-corrected chi connectivity index (χ4v) is 2.86. The van der Waals surface area contributed by atoms with E-state index >= 15 is 0 Å². The number of halogens is 4. The van der Waals surface area contributed by atoms with Gasteiger partial charge in [-0.2, -0.15) is 18.3 Å². The van der Waals surface area contributed by atoms with E-state index in [4.69, 9.17) is 5.73 Å². The van der Waals surface area contributed by atoms with Gasteiger partial charge in [-0.3, -0.25) is 4.90 Å². The second-order valence-corrected chi connectivity index (χ2v) is 6.14. The molecule has 2 unspecified atom stereocenters. The summed E-state index contributed by atoms with van der Waals surface area (Å²) in [6, 6.07) is 8.57. The molecule has 132 valence electrons. The smallest absolute Gasteiger partial charge is 0.326 e. The van der Waals surface area contributed by atoms with E-state index in [0.717, 1.165) is 31.3 Å². The summed E-state index contributed by atoms with van der Waals surface area (Å²) >= 11 is 0. The van der Waals surface area contributed by atoms with Crippen molar-refractivity contribution in [2.75, 3.05) is 13.1 Å². The number of nitrogens with zero attached hydrogens (tertiary/aromatic N) is 3. The first kappa shape index (κ1) is 18.8. The summed E-state index contributed by atoms with van der Waals surface area (Å²) < 4.78 is 39.0. The molecule has 0 bridgehead atoms. The zero-order valence-electron chi connectivity index (χ0n) is 13.2. The van der Waals surface area contributed by atoms with Crippen molar-refractivity contribution in [1.29, 1.82) is 0 Å². The monoisotopic (exact) mass is 360 g/mol. The van der Waals surface area contributed by atoms with E-state index in [-0.39, 0.29) is 18.4 Å². The SMILES string of the molecule is CC1CN(Cc2ccc(-n3ccc(C(F)(F)F)n3)cc2)CC1N.Cl. The van der Waals surface area contributed by atoms with Gasteiger partial charge in [-0.1, -0.05) is 19.1 Å². The fraction of sp³-hybridized carbons (Fsp3) is 0.438. The van der Waals surface area contributed by atoms with Gasteiger partial charge < -0.3 is 5.73 Å². The Morgan fingerprint density at radius 3 is 2.33 bits per heavy atom. The molecule has 0 saturated carbocycles. The van der Waals surface area contributed by atoms with Crippen molar-refractivity contribution in [2.45, 2.75) is 25.7 Å². The molecule has 24 heavy (non-hydrogen) atoms. The van der Waals surface area contributed by atoms with E-state index in [2.05, 4.69) is 16.9 Å². The van der Waals surface area contributed by atoms with Gasteiger partial charge >= 0.3 is 6.18 Å². The normalized spacial score (nSPS) is 21.7. The molecule has 2 atom stereocenters. The molecule has 1 aliphatic heterocycles. The lowest BCUT2D eigenvalue weighted by Gasteiger charge is -2.15. The molecule has 1 saturated heterocycles. The van der Waals surface area contributed by atoms with Crippen LogP contribution in [0.4, 0.5) is 13.2 Å². The summed E-state index contributed by atoms with van der Waals surface area (Å²) in [5, 5.41) is 3.57. The van der Waals surface area contributed by atoms with Crippen LogP contribution in [0, 0.1) is 5.92 Å². The highest BCUT2D eigenvalue weighted by atomic mass is 35.5. The third-order valence-electron chi connectivity index (χ3n) is 4.23. The Hall–Kier alpha value is -1.57. The van der Waals surface area contributed by atoms with E-state index < -0.39 is 11.9 Å². The van der Waals surface area contributed by atoms with Crippen molar-refractivity contribution in [3.8, 4) is 5.69 Å². The van der Waals surface area contributed by atoms with Gasteiger partial charge in [0.2, 0.25) is 0 Å². The van der Waals surface area contributed by atoms with Crippen LogP contribution >= 0.6 is 12.4 Å². The third kappa shape index (κ3) is 4.09. The second kappa shape index (κ2) is 7.13. The van der Waals surface area contributed by atoms with Gasteiger partial charge in [0, 0.05) is 31.9 Å². The topological polar surface area (TPSA) is 47.1 Å². The minimum Gasteiger partial charge on any atom is -0.326 e. The molecule has 0 spiro atoms. The van der Waals surface area contributed by atoms with Crippen molar-refractivity contribution in [1.82, 2.24) is 14.7 Å². The quantitative estimate of drug-likeness (QED) is 0.915. The maximum Gasteiger partial charge on any atom is 0.435 e. The Morgan fingerprint density at radius 2 is 1.83 bits per heavy atom. The number of benzene rings is 1. The average molecular weight is 361 g/mol. The van der Waals surface area contributed by atoms with Crippen LogP contribution in [0.25, 0.3) is 5.69 Å². The third-order valence-corrected chi connectivity index (χ3v) is 4.23. The Labute approximate surface area is 144 Å². The number of nitrogens with two attached hydrogens (primary N) is 1. The number of hydrogen-bond donors (Lipinski definition) is 1. The van der Waals surface area contributed by atoms with E-state index in [1.54, 1.807) is 12.1 Å². The van der Waals surface area contributed by atoms with Crippen molar-refractivity contribution in [3.63, 3.8) is 0 Å². The first-order chi connectivity index (χ1) is 10.8. The van der Waals surface area contributed by atoms with Gasteiger partial charge in [0.15, 0.2) is 5.69 Å². The average Bonchev–Trinajstić information content (AvgIpc) is 3.07. The number of hydrogen-bond acceptors (Lipinski definition) is 3. The summed E-state index contributed by atoms with van der Waals surface area (Å²) in [5.74, 6) is 0.485. The largest absolute Gasteiger partial charge is 0.435 e. The van der Waals surface area contributed by atoms with E-state index in [0.29, 0.717) is 11.6 Å². The Kier molecular flexibility index (Phi) is 5.57. The predicted octanol–water partition coefficient (Wildman–Crippen LogP) is 3.09. The maximum atomic E-state index is 12.6. The summed E-state index contributed by atoms with van der Waals surface area (Å²) in [5.41, 5.74) is 6.84. The van der Waals surface area contributed by atoms with Crippen LogP contribution in [0.1, 0.15) is 18.2 Å². The summed E-state index contributed by atoms with van der Waals surface area (Å²) in [6.07, 6.45) is -3.10. The predicted molar refractivity (Wildman–Crippen MR) is 88.2 cm³/mol. The maximum absolute atomic E-state index is 12.6. The Morgan fingerprint density at radius 1 is 1.17 bits per heavy atom. The lowest BCUT2D eigenvalue weighted by atomic mass is 10.1. The fourth-order valence-electron chi connectivity index (χ4n) is 2.86. The van der Waals surface area contributed by atoms with Gasteiger partial charge in [0.05, 0.1) is 5.69 Å². The van der Waals surface area contributed by atoms with Crippen LogP contribution < -0.4 is 5.73 Å². The van der Waals surface area contributed by atoms with Crippen molar-refractivity contribution >= 4 is 12.4 Å². The van der Waals surface area contributed by atoms with Crippen LogP contribution in [0.5, 0.6) is 0 Å². The minimum absolute atomic E-state index is 0. The van der Waals surface area contributed by atoms with Crippen LogP contribution in [0.15, 0.2) is 36.5 Å². The molecule has 2 N–H and O–H groups in total. The molecular weight excluding hydrogens is 341 g/mol. The highest BCUT2D eigenvalue weighted by Gasteiger charge is 2.33. The molecule has 1 fully saturated rings. The molecule has 3 rings (SSSR count). The first-order valence-corrected chi connectivity index (χ1v) is 7.53. The van der Waals surface area contributed by atoms with Crippen LogP contribution in [-0.4, -0.2) is 33.8 Å². The molecular formula is C16H20ClF3N4. The highest BCUT2D eigenvalue weighted by molar-refractivity contribution is 5.85. The van der Waals surface area contributed by atoms with Crippen molar-refractivity contribution < 1.29 is 13.2 Å². The number of alkyl halides is 3. The Bertz CT molecular complexity index is 659. The number of rotatable bonds is 3. The first-order valence-electron chi connectivity index (χ1n) is 7.53. The molecule has 2 aromatic rings. The van der Waals surface area contributed by atoms with Gasteiger partial charge in [0.1, 0.15) is 0 Å². The lowest BCUT2D eigenvalue weighted by Crippen LogP contribution is -2.28. The van der Waals surface area contributed by atoms with Crippen LogP contribution in [-0.2, 0) is 12.7 Å². The van der Waals surface area contributed by atoms with Gasteiger partial charge in [0.25, 0.3) is 0 Å². The standard InChI is InChI=1S/C16H19F3N4.ClH/c1-11-8-22(10-14(11)20)9-12-2-4-13(5-3-12)23-7-6-15(21-23)16(17,18)19;/h2-7,11,14H,8-10,20H2,1H3;1H. The lowest BCUT2D eigenvalue weighted by molar-refractivity contribution is -0.141. The van der Waals surface area contributed by atoms with E-state index in [9.17, 15) is 13.2 Å². The molecule has 8 heteroatoms. The number of likely N-dealkylation sites (tertiary alicyclic amines) is 1. The molecule has 1 aromatic heterocycles. The summed E-state index contributed by atoms with van der Waals surface area (Å²) in [7, 11) is 0. The zero-order valence-corrected chi connectivity index (χ0v) is 14.0. The molecule has 4 nitrogen and oxygen atoms in total. The van der Waals surface area contributed by atoms with E-state index in [1.165, 1.54) is 10.9 Å². The summed E-state index contributed by atoms with van der Waals surface area (Å²) in [6.45, 7) is 4.78. The molecule has 1 aromatic carbocycles. The zero-order chi connectivity index (χ0) is 16.6. The van der Waals surface area contributed by atoms with Crippen LogP contribution in [0.2, 0.25) is 0 Å². The van der Waals surface area contributed by atoms with Crippen molar-refractivity contribution in [2.24, 2.45) is 11.7 Å². The molecule has 0 aliphatic carbocycles. The molecule has 0 radical (unpaired) electrons. The van der Waals surface area contributed by atoms with Crippen molar-refractivity contribution in [3.05, 3.63) is 47.8 Å². The summed E-state index contributed by atoms with van der Waals surface area (Å²) in [4.78, 5) is 2.29. The highest BCUT2D eigenvalue weighted by Crippen LogP contribution is 2.28. The van der Waals surface area contributed by atoms with E-state index in [1.807, 2.05) is 12.1 Å². The molecule has 2 heterocycles. The minimum atomic E-state index is -4.42. The van der Waals surface area contributed by atoms with Gasteiger partial charge in [-0.15, -0.1) is 12.4 Å². The van der Waals surface area contributed by atoms with Crippen LogP contribution in [0.3, 0.4) is 0 Å². The Balaban J connectivity index is 0.00000208.